The van der Waals surface area contributed by atoms with Crippen molar-refractivity contribution in [1.82, 2.24) is 5.32 Å². The van der Waals surface area contributed by atoms with Gasteiger partial charge in [0.25, 0.3) is 0 Å². The van der Waals surface area contributed by atoms with Gasteiger partial charge in [-0.1, -0.05) is 33.6 Å². The first-order valence-corrected chi connectivity index (χ1v) is 8.28. The average Bonchev–Trinajstić information content (AvgIpc) is 2.83. The lowest BCUT2D eigenvalue weighted by Crippen LogP contribution is -2.41. The second kappa shape index (κ2) is 6.21. The fraction of sp³-hybridized carbons (Fsp3) is 0.750. The lowest BCUT2D eigenvalue weighted by Gasteiger charge is -2.36. The third kappa shape index (κ3) is 3.16. The summed E-state index contributed by atoms with van der Waals surface area (Å²) in [7, 11) is 0. The molecule has 0 spiro atoms. The van der Waals surface area contributed by atoms with E-state index >= 15 is 0 Å². The molecule has 0 aliphatic heterocycles. The van der Waals surface area contributed by atoms with Crippen LogP contribution in [0.1, 0.15) is 62.8 Å². The summed E-state index contributed by atoms with van der Waals surface area (Å²) in [6.45, 7) is 9.37. The molecule has 1 fully saturated rings. The maximum absolute atomic E-state index is 3.86. The summed E-state index contributed by atoms with van der Waals surface area (Å²) in [5.41, 5.74) is 0. The van der Waals surface area contributed by atoms with Crippen molar-refractivity contribution in [2.24, 2.45) is 11.8 Å². The summed E-state index contributed by atoms with van der Waals surface area (Å²) in [6.07, 6.45) is 5.31. The topological polar surface area (TPSA) is 12.0 Å². The van der Waals surface area contributed by atoms with Gasteiger partial charge in [0.1, 0.15) is 0 Å². The van der Waals surface area contributed by atoms with E-state index in [0.29, 0.717) is 12.1 Å². The van der Waals surface area contributed by atoms with Crippen molar-refractivity contribution in [1.29, 1.82) is 0 Å². The standard InChI is InChI=1S/C16H27NS/c1-5-14-9-10-16(18-14)13(4)17-15-8-6-7-11(2)12(15)3/h9-13,15,17H,5-8H2,1-4H3. The lowest BCUT2D eigenvalue weighted by molar-refractivity contribution is 0.197. The summed E-state index contributed by atoms with van der Waals surface area (Å²) in [5, 5.41) is 3.86. The number of nitrogens with one attached hydrogen (secondary N) is 1. The van der Waals surface area contributed by atoms with E-state index < -0.39 is 0 Å². The molecule has 0 radical (unpaired) electrons. The van der Waals surface area contributed by atoms with Crippen LogP contribution in [0.4, 0.5) is 0 Å². The van der Waals surface area contributed by atoms with Gasteiger partial charge in [-0.2, -0.15) is 0 Å². The zero-order chi connectivity index (χ0) is 13.1. The van der Waals surface area contributed by atoms with Crippen molar-refractivity contribution >= 4 is 11.3 Å². The van der Waals surface area contributed by atoms with Crippen LogP contribution in [-0.4, -0.2) is 6.04 Å². The highest BCUT2D eigenvalue weighted by Gasteiger charge is 2.28. The van der Waals surface area contributed by atoms with Crippen LogP contribution in [0.15, 0.2) is 12.1 Å². The Kier molecular flexibility index (Phi) is 4.85. The Hall–Kier alpha value is -0.340. The molecule has 1 saturated carbocycles. The van der Waals surface area contributed by atoms with Gasteiger partial charge < -0.3 is 5.32 Å². The number of thiophene rings is 1. The predicted molar refractivity (Wildman–Crippen MR) is 81.2 cm³/mol. The molecule has 1 aromatic heterocycles. The molecule has 4 atom stereocenters. The largest absolute Gasteiger partial charge is 0.306 e. The molecule has 1 aliphatic carbocycles. The molecule has 1 aliphatic rings. The average molecular weight is 265 g/mol. The van der Waals surface area contributed by atoms with E-state index in [1.807, 2.05) is 11.3 Å². The second-order valence-corrected chi connectivity index (χ2v) is 7.12. The SMILES string of the molecule is CCc1ccc(C(C)NC2CCCC(C)C2C)s1. The molecule has 0 bridgehead atoms. The smallest absolute Gasteiger partial charge is 0.0388 e. The Morgan fingerprint density at radius 3 is 2.78 bits per heavy atom. The highest BCUT2D eigenvalue weighted by molar-refractivity contribution is 7.12. The number of hydrogen-bond acceptors (Lipinski definition) is 2. The van der Waals surface area contributed by atoms with Crippen LogP contribution < -0.4 is 5.32 Å². The predicted octanol–water partition coefficient (Wildman–Crippen LogP) is 4.79. The van der Waals surface area contributed by atoms with E-state index in [0.717, 1.165) is 18.3 Å². The summed E-state index contributed by atoms with van der Waals surface area (Å²) >= 11 is 1.97. The summed E-state index contributed by atoms with van der Waals surface area (Å²) in [5.74, 6) is 1.68. The fourth-order valence-corrected chi connectivity index (χ4v) is 4.00. The van der Waals surface area contributed by atoms with Gasteiger partial charge in [0.15, 0.2) is 0 Å². The minimum atomic E-state index is 0.507. The van der Waals surface area contributed by atoms with Gasteiger partial charge in [-0.25, -0.2) is 0 Å². The molecule has 2 rings (SSSR count). The van der Waals surface area contributed by atoms with Gasteiger partial charge in [-0.05, 0) is 43.7 Å². The van der Waals surface area contributed by atoms with Crippen molar-refractivity contribution in [2.45, 2.75) is 65.5 Å². The van der Waals surface area contributed by atoms with Crippen molar-refractivity contribution in [2.75, 3.05) is 0 Å². The Bertz CT molecular complexity index is 371. The van der Waals surface area contributed by atoms with Crippen molar-refractivity contribution in [3.63, 3.8) is 0 Å². The van der Waals surface area contributed by atoms with E-state index in [4.69, 9.17) is 0 Å². The summed E-state index contributed by atoms with van der Waals surface area (Å²) in [4.78, 5) is 3.00. The van der Waals surface area contributed by atoms with E-state index in [2.05, 4.69) is 45.1 Å². The molecule has 0 amide bonds. The zero-order valence-corrected chi connectivity index (χ0v) is 13.0. The minimum absolute atomic E-state index is 0.507. The van der Waals surface area contributed by atoms with E-state index in [1.54, 1.807) is 0 Å². The quantitative estimate of drug-likeness (QED) is 0.825. The fourth-order valence-electron chi connectivity index (χ4n) is 3.04. The Labute approximate surface area is 116 Å². The number of aryl methyl sites for hydroxylation is 1. The van der Waals surface area contributed by atoms with Crippen LogP contribution in [0.2, 0.25) is 0 Å². The maximum atomic E-state index is 3.86. The first kappa shape index (κ1) is 14.1. The lowest BCUT2D eigenvalue weighted by atomic mass is 9.78. The molecule has 4 unspecified atom stereocenters. The van der Waals surface area contributed by atoms with Crippen LogP contribution in [0.25, 0.3) is 0 Å². The maximum Gasteiger partial charge on any atom is 0.0388 e. The number of rotatable bonds is 4. The van der Waals surface area contributed by atoms with Crippen molar-refractivity contribution < 1.29 is 0 Å². The molecule has 1 nitrogen and oxygen atoms in total. The third-order valence-corrected chi connectivity index (χ3v) is 6.04. The molecule has 0 aromatic carbocycles. The zero-order valence-electron chi connectivity index (χ0n) is 12.2. The normalized spacial score (nSPS) is 30.3. The summed E-state index contributed by atoms with van der Waals surface area (Å²) < 4.78 is 0. The van der Waals surface area contributed by atoms with Gasteiger partial charge >= 0.3 is 0 Å². The molecule has 102 valence electrons. The molecule has 1 aromatic rings. The van der Waals surface area contributed by atoms with Crippen LogP contribution in [0.5, 0.6) is 0 Å². The van der Waals surface area contributed by atoms with Gasteiger partial charge in [0.2, 0.25) is 0 Å². The van der Waals surface area contributed by atoms with Crippen molar-refractivity contribution in [3.05, 3.63) is 21.9 Å². The molecule has 2 heteroatoms. The second-order valence-electron chi connectivity index (χ2n) is 5.92. The highest BCUT2D eigenvalue weighted by Crippen LogP contribution is 2.32. The Balaban J connectivity index is 1.95. The highest BCUT2D eigenvalue weighted by atomic mass is 32.1. The van der Waals surface area contributed by atoms with E-state index in [1.165, 1.54) is 29.0 Å². The van der Waals surface area contributed by atoms with Crippen molar-refractivity contribution in [3.8, 4) is 0 Å². The Morgan fingerprint density at radius 2 is 2.11 bits per heavy atom. The molecule has 18 heavy (non-hydrogen) atoms. The monoisotopic (exact) mass is 265 g/mol. The third-order valence-electron chi connectivity index (χ3n) is 4.63. The molecular formula is C16H27NS. The van der Waals surface area contributed by atoms with Gasteiger partial charge in [0.05, 0.1) is 0 Å². The van der Waals surface area contributed by atoms with Crippen LogP contribution in [-0.2, 0) is 6.42 Å². The van der Waals surface area contributed by atoms with Gasteiger partial charge in [-0.3, -0.25) is 0 Å². The molecule has 1 heterocycles. The van der Waals surface area contributed by atoms with Gasteiger partial charge in [0, 0.05) is 21.8 Å². The van der Waals surface area contributed by atoms with Gasteiger partial charge in [-0.15, -0.1) is 11.3 Å². The van der Waals surface area contributed by atoms with Crippen LogP contribution >= 0.6 is 11.3 Å². The molecular weight excluding hydrogens is 238 g/mol. The van der Waals surface area contributed by atoms with E-state index in [9.17, 15) is 0 Å². The Morgan fingerprint density at radius 1 is 1.33 bits per heavy atom. The van der Waals surface area contributed by atoms with Crippen LogP contribution in [0.3, 0.4) is 0 Å². The molecule has 1 N–H and O–H groups in total. The summed E-state index contributed by atoms with van der Waals surface area (Å²) in [6, 6.07) is 5.80. The number of hydrogen-bond donors (Lipinski definition) is 1. The first-order valence-electron chi connectivity index (χ1n) is 7.46. The molecule has 0 saturated heterocycles. The minimum Gasteiger partial charge on any atom is -0.306 e. The first-order chi connectivity index (χ1) is 8.61. The van der Waals surface area contributed by atoms with E-state index in [-0.39, 0.29) is 0 Å². The van der Waals surface area contributed by atoms with Crippen LogP contribution in [0, 0.1) is 11.8 Å².